The molecule has 2 rings (SSSR count). The van der Waals surface area contributed by atoms with E-state index >= 15 is 0 Å². The topological polar surface area (TPSA) is 9.23 Å². The van der Waals surface area contributed by atoms with Crippen molar-refractivity contribution in [2.24, 2.45) is 17.8 Å². The molecule has 0 unspecified atom stereocenters. The Hall–Kier alpha value is -0.0400. The highest BCUT2D eigenvalue weighted by molar-refractivity contribution is 4.82. The largest absolute Gasteiger partial charge is 0.378 e. The van der Waals surface area contributed by atoms with Gasteiger partial charge < -0.3 is 4.74 Å². The van der Waals surface area contributed by atoms with Crippen LogP contribution in [0.25, 0.3) is 0 Å². The standard InChI is InChI=1S/C22H42O/c1-3-5-6-7-8-9-19-10-12-20(13-11-19)21-14-16-22(17-15-21)23-18-4-2/h19-22H,3-18H2,1-2H3/t19-,20-,21-,22-. The van der Waals surface area contributed by atoms with Gasteiger partial charge in [-0.3, -0.25) is 0 Å². The molecule has 0 radical (unpaired) electrons. The number of rotatable bonds is 10. The quantitative estimate of drug-likeness (QED) is 0.388. The van der Waals surface area contributed by atoms with Crippen LogP contribution < -0.4 is 0 Å². The second-order valence-electron chi connectivity index (χ2n) is 8.39. The summed E-state index contributed by atoms with van der Waals surface area (Å²) in [6.45, 7) is 5.50. The van der Waals surface area contributed by atoms with E-state index in [9.17, 15) is 0 Å². The maximum atomic E-state index is 5.96. The summed E-state index contributed by atoms with van der Waals surface area (Å²) in [6.07, 6.45) is 22.2. The fourth-order valence-corrected chi connectivity index (χ4v) is 5.00. The van der Waals surface area contributed by atoms with Crippen LogP contribution in [-0.4, -0.2) is 12.7 Å². The van der Waals surface area contributed by atoms with E-state index in [1.165, 1.54) is 96.3 Å². The van der Waals surface area contributed by atoms with Crippen LogP contribution in [-0.2, 0) is 4.74 Å². The fourth-order valence-electron chi connectivity index (χ4n) is 5.00. The number of hydrogen-bond donors (Lipinski definition) is 0. The third-order valence-electron chi connectivity index (χ3n) is 6.55. The lowest BCUT2D eigenvalue weighted by molar-refractivity contribution is 0.00726. The summed E-state index contributed by atoms with van der Waals surface area (Å²) in [7, 11) is 0. The monoisotopic (exact) mass is 322 g/mol. The Bertz CT molecular complexity index is 272. The van der Waals surface area contributed by atoms with E-state index in [1.54, 1.807) is 0 Å². The zero-order valence-electron chi connectivity index (χ0n) is 16.0. The van der Waals surface area contributed by atoms with E-state index in [-0.39, 0.29) is 0 Å². The Labute approximate surface area is 146 Å². The molecule has 0 aromatic heterocycles. The van der Waals surface area contributed by atoms with Gasteiger partial charge in [0.05, 0.1) is 6.10 Å². The average molecular weight is 323 g/mol. The molecule has 1 nitrogen and oxygen atoms in total. The van der Waals surface area contributed by atoms with Crippen molar-refractivity contribution < 1.29 is 4.74 Å². The van der Waals surface area contributed by atoms with Crippen molar-refractivity contribution in [1.29, 1.82) is 0 Å². The third kappa shape index (κ3) is 7.16. The van der Waals surface area contributed by atoms with Gasteiger partial charge in [0.25, 0.3) is 0 Å². The number of ether oxygens (including phenoxy) is 1. The van der Waals surface area contributed by atoms with Gasteiger partial charge in [0.1, 0.15) is 0 Å². The van der Waals surface area contributed by atoms with E-state index in [1.807, 2.05) is 0 Å². The smallest absolute Gasteiger partial charge is 0.0575 e. The highest BCUT2D eigenvalue weighted by Crippen LogP contribution is 2.41. The van der Waals surface area contributed by atoms with Gasteiger partial charge in [0, 0.05) is 6.61 Å². The molecule has 0 aromatic carbocycles. The van der Waals surface area contributed by atoms with Crippen molar-refractivity contribution in [3.8, 4) is 0 Å². The van der Waals surface area contributed by atoms with Crippen molar-refractivity contribution in [3.05, 3.63) is 0 Å². The van der Waals surface area contributed by atoms with Crippen LogP contribution in [0, 0.1) is 17.8 Å². The normalized spacial score (nSPS) is 32.1. The van der Waals surface area contributed by atoms with Crippen molar-refractivity contribution in [3.63, 3.8) is 0 Å². The molecule has 2 aliphatic rings. The molecular weight excluding hydrogens is 280 g/mol. The molecule has 0 N–H and O–H groups in total. The molecule has 0 spiro atoms. The molecule has 136 valence electrons. The molecule has 0 saturated heterocycles. The predicted molar refractivity (Wildman–Crippen MR) is 101 cm³/mol. The summed E-state index contributed by atoms with van der Waals surface area (Å²) in [5.74, 6) is 3.15. The first-order valence-electron chi connectivity index (χ1n) is 10.9. The molecule has 1 heteroatoms. The molecule has 23 heavy (non-hydrogen) atoms. The van der Waals surface area contributed by atoms with E-state index in [4.69, 9.17) is 4.74 Å². The zero-order valence-corrected chi connectivity index (χ0v) is 16.0. The molecule has 2 saturated carbocycles. The Kier molecular flexibility index (Phi) is 9.65. The average Bonchev–Trinajstić information content (AvgIpc) is 2.61. The molecule has 0 amide bonds. The lowest BCUT2D eigenvalue weighted by atomic mass is 9.70. The Morgan fingerprint density at radius 2 is 1.26 bits per heavy atom. The highest BCUT2D eigenvalue weighted by Gasteiger charge is 2.30. The number of unbranched alkanes of at least 4 members (excludes halogenated alkanes) is 4. The minimum Gasteiger partial charge on any atom is -0.378 e. The van der Waals surface area contributed by atoms with Crippen molar-refractivity contribution in [2.45, 2.75) is 116 Å². The first kappa shape index (κ1) is 19.3. The minimum absolute atomic E-state index is 0.589. The van der Waals surface area contributed by atoms with Gasteiger partial charge in [-0.2, -0.15) is 0 Å². The van der Waals surface area contributed by atoms with E-state index in [0.29, 0.717) is 6.10 Å². The van der Waals surface area contributed by atoms with Gasteiger partial charge in [0.2, 0.25) is 0 Å². The van der Waals surface area contributed by atoms with Gasteiger partial charge in [-0.1, -0.05) is 65.2 Å². The molecule has 2 fully saturated rings. The molecular formula is C22H42O. The third-order valence-corrected chi connectivity index (χ3v) is 6.55. The summed E-state index contributed by atoms with van der Waals surface area (Å²) < 4.78 is 5.96. The first-order chi connectivity index (χ1) is 11.3. The summed E-state index contributed by atoms with van der Waals surface area (Å²) >= 11 is 0. The van der Waals surface area contributed by atoms with Crippen molar-refractivity contribution in [2.75, 3.05) is 6.61 Å². The molecule has 0 bridgehead atoms. The van der Waals surface area contributed by atoms with Gasteiger partial charge >= 0.3 is 0 Å². The van der Waals surface area contributed by atoms with Gasteiger partial charge in [-0.15, -0.1) is 0 Å². The second-order valence-corrected chi connectivity index (χ2v) is 8.39. The zero-order chi connectivity index (χ0) is 16.3. The SMILES string of the molecule is CCCCCCC[C@H]1CC[C@H]([C@H]2CC[C@H](OCCC)CC2)CC1. The summed E-state index contributed by atoms with van der Waals surface area (Å²) in [5.41, 5.74) is 0. The molecule has 0 aliphatic heterocycles. The fraction of sp³-hybridized carbons (Fsp3) is 1.00. The first-order valence-corrected chi connectivity index (χ1v) is 10.9. The van der Waals surface area contributed by atoms with E-state index in [2.05, 4.69) is 13.8 Å². The van der Waals surface area contributed by atoms with Gasteiger partial charge in [0.15, 0.2) is 0 Å². The highest BCUT2D eigenvalue weighted by atomic mass is 16.5. The lowest BCUT2D eigenvalue weighted by Crippen LogP contribution is -2.28. The Morgan fingerprint density at radius 1 is 0.652 bits per heavy atom. The van der Waals surface area contributed by atoms with Crippen molar-refractivity contribution in [1.82, 2.24) is 0 Å². The molecule has 0 atom stereocenters. The molecule has 2 aliphatic carbocycles. The second kappa shape index (κ2) is 11.5. The molecule has 0 aromatic rings. The van der Waals surface area contributed by atoms with Gasteiger partial charge in [-0.25, -0.2) is 0 Å². The van der Waals surface area contributed by atoms with Crippen LogP contribution in [0.4, 0.5) is 0 Å². The van der Waals surface area contributed by atoms with Crippen molar-refractivity contribution >= 4 is 0 Å². The Morgan fingerprint density at radius 3 is 1.87 bits per heavy atom. The Balaban J connectivity index is 1.54. The molecule has 0 heterocycles. The van der Waals surface area contributed by atoms with E-state index in [0.717, 1.165) is 24.4 Å². The summed E-state index contributed by atoms with van der Waals surface area (Å²) in [5, 5.41) is 0. The number of hydrogen-bond acceptors (Lipinski definition) is 1. The minimum atomic E-state index is 0.589. The van der Waals surface area contributed by atoms with Crippen LogP contribution in [0.2, 0.25) is 0 Å². The predicted octanol–water partition coefficient (Wildman–Crippen LogP) is 7.14. The maximum Gasteiger partial charge on any atom is 0.0575 e. The van der Waals surface area contributed by atoms with Crippen LogP contribution in [0.1, 0.15) is 110 Å². The summed E-state index contributed by atoms with van der Waals surface area (Å²) in [4.78, 5) is 0. The lowest BCUT2D eigenvalue weighted by Gasteiger charge is -2.37. The maximum absolute atomic E-state index is 5.96. The van der Waals surface area contributed by atoms with Crippen LogP contribution >= 0.6 is 0 Å². The van der Waals surface area contributed by atoms with E-state index < -0.39 is 0 Å². The summed E-state index contributed by atoms with van der Waals surface area (Å²) in [6, 6.07) is 0. The van der Waals surface area contributed by atoms with Gasteiger partial charge in [-0.05, 0) is 62.7 Å². The van der Waals surface area contributed by atoms with Crippen LogP contribution in [0.5, 0.6) is 0 Å². The van der Waals surface area contributed by atoms with Crippen LogP contribution in [0.3, 0.4) is 0 Å². The van der Waals surface area contributed by atoms with Crippen LogP contribution in [0.15, 0.2) is 0 Å².